The number of cyclic esters (lactones) is 2. The highest BCUT2D eigenvalue weighted by Gasteiger charge is 2.25. The quantitative estimate of drug-likeness (QED) is 0.614. The average Bonchev–Trinajstić information content (AvgIpc) is 2.81. The lowest BCUT2D eigenvalue weighted by Gasteiger charge is -2.35. The van der Waals surface area contributed by atoms with E-state index >= 15 is 0 Å². The van der Waals surface area contributed by atoms with Crippen LogP contribution in [-0.4, -0.2) is 73.2 Å². The second kappa shape index (κ2) is 9.88. The third-order valence-electron chi connectivity index (χ3n) is 7.31. The van der Waals surface area contributed by atoms with E-state index in [2.05, 4.69) is 34.1 Å². The van der Waals surface area contributed by atoms with Crippen molar-refractivity contribution in [3.63, 3.8) is 0 Å². The Morgan fingerprint density at radius 3 is 1.53 bits per heavy atom. The number of hydrogen-bond donors (Lipinski definition) is 0. The Morgan fingerprint density at radius 1 is 0.706 bits per heavy atom. The van der Waals surface area contributed by atoms with E-state index in [-0.39, 0.29) is 24.1 Å². The number of hydrogen-bond acceptors (Lipinski definition) is 6. The van der Waals surface area contributed by atoms with Gasteiger partial charge >= 0.3 is 11.9 Å². The molecule has 34 heavy (non-hydrogen) atoms. The first-order valence-electron chi connectivity index (χ1n) is 12.5. The van der Waals surface area contributed by atoms with E-state index in [1.165, 1.54) is 11.1 Å². The first-order valence-corrected chi connectivity index (χ1v) is 12.5. The van der Waals surface area contributed by atoms with Gasteiger partial charge in [-0.15, -0.1) is 0 Å². The van der Waals surface area contributed by atoms with E-state index in [1.807, 2.05) is 26.0 Å². The summed E-state index contributed by atoms with van der Waals surface area (Å²) in [4.78, 5) is 29.1. The molecule has 0 radical (unpaired) electrons. The van der Waals surface area contributed by atoms with Crippen LogP contribution < -0.4 is 0 Å². The number of ether oxygens (including phenoxy) is 2. The smallest absolute Gasteiger partial charge is 0.338 e. The summed E-state index contributed by atoms with van der Waals surface area (Å²) in [5.41, 5.74) is 6.30. The van der Waals surface area contributed by atoms with Crippen LogP contribution in [0.25, 0.3) is 0 Å². The molecular weight excluding hydrogens is 428 g/mol. The zero-order valence-corrected chi connectivity index (χ0v) is 20.2. The Morgan fingerprint density at radius 2 is 1.12 bits per heavy atom. The molecule has 3 heterocycles. The van der Waals surface area contributed by atoms with Gasteiger partial charge in [-0.25, -0.2) is 9.59 Å². The molecule has 2 unspecified atom stereocenters. The van der Waals surface area contributed by atoms with Gasteiger partial charge in [0.15, 0.2) is 0 Å². The fourth-order valence-electron chi connectivity index (χ4n) is 5.35. The first kappa shape index (κ1) is 23.1. The predicted molar refractivity (Wildman–Crippen MR) is 130 cm³/mol. The Bertz CT molecular complexity index is 989. The van der Waals surface area contributed by atoms with Gasteiger partial charge in [-0.2, -0.15) is 0 Å². The molecule has 0 bridgehead atoms. The second-order valence-electron chi connectivity index (χ2n) is 10.0. The number of esters is 2. The van der Waals surface area contributed by atoms with Crippen molar-refractivity contribution >= 4 is 11.9 Å². The van der Waals surface area contributed by atoms with Crippen LogP contribution >= 0.6 is 0 Å². The number of nitrogens with zero attached hydrogens (tertiary/aromatic N) is 2. The molecule has 1 fully saturated rings. The van der Waals surface area contributed by atoms with Crippen molar-refractivity contribution < 1.29 is 19.1 Å². The van der Waals surface area contributed by atoms with Crippen molar-refractivity contribution in [2.75, 3.05) is 39.3 Å². The number of rotatable bonds is 6. The maximum absolute atomic E-state index is 12.0. The Hall–Kier alpha value is -2.70. The van der Waals surface area contributed by atoms with Gasteiger partial charge in [0, 0.05) is 52.1 Å². The van der Waals surface area contributed by atoms with Gasteiger partial charge in [0.05, 0.1) is 11.1 Å². The number of piperazine rings is 1. The molecule has 0 N–H and O–H groups in total. The van der Waals surface area contributed by atoms with E-state index in [0.29, 0.717) is 0 Å². The fraction of sp³-hybridized carbons (Fsp3) is 0.500. The molecule has 1 saturated heterocycles. The minimum atomic E-state index is -0.191. The monoisotopic (exact) mass is 462 g/mol. The van der Waals surface area contributed by atoms with E-state index in [4.69, 9.17) is 9.47 Å². The number of carbonyl (C=O) groups excluding carboxylic acids is 2. The summed E-state index contributed by atoms with van der Waals surface area (Å²) in [6.45, 7) is 10.3. The van der Waals surface area contributed by atoms with Crippen molar-refractivity contribution in [1.29, 1.82) is 0 Å². The maximum Gasteiger partial charge on any atom is 0.338 e. The van der Waals surface area contributed by atoms with Gasteiger partial charge in [0.2, 0.25) is 0 Å². The Balaban J connectivity index is 1.08. The summed E-state index contributed by atoms with van der Waals surface area (Å²) >= 11 is 0. The Labute approximate surface area is 201 Å². The van der Waals surface area contributed by atoms with Crippen molar-refractivity contribution in [1.82, 2.24) is 9.80 Å². The van der Waals surface area contributed by atoms with Crippen LogP contribution in [0.3, 0.4) is 0 Å². The fourth-order valence-corrected chi connectivity index (χ4v) is 5.35. The third-order valence-corrected chi connectivity index (χ3v) is 7.31. The van der Waals surface area contributed by atoms with Crippen molar-refractivity contribution in [2.45, 2.75) is 51.7 Å². The van der Waals surface area contributed by atoms with Crippen LogP contribution in [0.15, 0.2) is 36.4 Å². The van der Waals surface area contributed by atoms with Crippen LogP contribution in [-0.2, 0) is 35.2 Å². The summed E-state index contributed by atoms with van der Waals surface area (Å²) < 4.78 is 10.7. The summed E-state index contributed by atoms with van der Waals surface area (Å²) in [5, 5.41) is 0. The molecule has 0 saturated carbocycles. The zero-order chi connectivity index (χ0) is 23.7. The lowest BCUT2D eigenvalue weighted by molar-refractivity contribution is 0.0290. The highest BCUT2D eigenvalue weighted by molar-refractivity contribution is 5.92. The first-order chi connectivity index (χ1) is 16.4. The van der Waals surface area contributed by atoms with Crippen molar-refractivity contribution in [3.05, 3.63) is 69.8 Å². The minimum absolute atomic E-state index is 0.0373. The van der Waals surface area contributed by atoms with Crippen molar-refractivity contribution in [2.24, 2.45) is 0 Å². The van der Waals surface area contributed by atoms with Gasteiger partial charge in [0.25, 0.3) is 0 Å². The lowest BCUT2D eigenvalue weighted by atomic mass is 9.95. The standard InChI is InChI=1S/C28H34N2O4/c1-19-15-23-17-21(3-5-25(23)27(31)33-19)7-9-29-11-13-30(14-12-29)10-8-22-4-6-26-24(18-22)16-20(2)34-28(26)32/h3-6,17-20H,7-16H2,1-2H3. The van der Waals surface area contributed by atoms with Gasteiger partial charge in [-0.1, -0.05) is 24.3 Å². The highest BCUT2D eigenvalue weighted by atomic mass is 16.5. The third kappa shape index (κ3) is 5.18. The van der Waals surface area contributed by atoms with Crippen LogP contribution in [0, 0.1) is 0 Å². The molecule has 0 aromatic heterocycles. The summed E-state index contributed by atoms with van der Waals surface area (Å²) in [6.07, 6.45) is 3.55. The van der Waals surface area contributed by atoms with E-state index < -0.39 is 0 Å². The molecule has 0 spiro atoms. The van der Waals surface area contributed by atoms with E-state index in [0.717, 1.165) is 87.2 Å². The molecule has 3 aliphatic rings. The van der Waals surface area contributed by atoms with E-state index in [9.17, 15) is 9.59 Å². The largest absolute Gasteiger partial charge is 0.459 e. The van der Waals surface area contributed by atoms with Crippen LogP contribution in [0.4, 0.5) is 0 Å². The van der Waals surface area contributed by atoms with Crippen molar-refractivity contribution in [3.8, 4) is 0 Å². The molecule has 6 nitrogen and oxygen atoms in total. The molecule has 5 rings (SSSR count). The second-order valence-corrected chi connectivity index (χ2v) is 10.0. The summed E-state index contributed by atoms with van der Waals surface area (Å²) in [5.74, 6) is -0.382. The molecule has 3 aliphatic heterocycles. The highest BCUT2D eigenvalue weighted by Crippen LogP contribution is 2.23. The van der Waals surface area contributed by atoms with E-state index in [1.54, 1.807) is 0 Å². The molecule has 180 valence electrons. The van der Waals surface area contributed by atoms with Gasteiger partial charge in [0.1, 0.15) is 12.2 Å². The molecule has 2 aromatic rings. The molecular formula is C28H34N2O4. The zero-order valence-electron chi connectivity index (χ0n) is 20.2. The molecule has 0 amide bonds. The SMILES string of the molecule is CC1Cc2cc(CCN3CCN(CCc4ccc5c(c4)CC(C)OC5=O)CC3)ccc2C(=O)O1. The Kier molecular flexibility index (Phi) is 6.70. The molecule has 0 aliphatic carbocycles. The minimum Gasteiger partial charge on any atom is -0.459 e. The number of carbonyl (C=O) groups is 2. The van der Waals surface area contributed by atoms with Gasteiger partial charge in [-0.3, -0.25) is 0 Å². The topological polar surface area (TPSA) is 59.1 Å². The van der Waals surface area contributed by atoms with Gasteiger partial charge in [-0.05, 0) is 61.1 Å². The normalized spacial score (nSPS) is 23.1. The molecule has 2 atom stereocenters. The summed E-state index contributed by atoms with van der Waals surface area (Å²) in [6, 6.07) is 12.4. The number of fused-ring (bicyclic) bond motifs is 2. The maximum atomic E-state index is 12.0. The van der Waals surface area contributed by atoms with Crippen LogP contribution in [0.2, 0.25) is 0 Å². The average molecular weight is 463 g/mol. The number of benzene rings is 2. The van der Waals surface area contributed by atoms with Crippen LogP contribution in [0.1, 0.15) is 56.8 Å². The lowest BCUT2D eigenvalue weighted by Crippen LogP contribution is -2.47. The predicted octanol–water partition coefficient (Wildman–Crippen LogP) is 3.29. The van der Waals surface area contributed by atoms with Crippen LogP contribution in [0.5, 0.6) is 0 Å². The van der Waals surface area contributed by atoms with Gasteiger partial charge < -0.3 is 19.3 Å². The summed E-state index contributed by atoms with van der Waals surface area (Å²) in [7, 11) is 0. The molecule has 6 heteroatoms. The molecule has 2 aromatic carbocycles.